The van der Waals surface area contributed by atoms with Crippen molar-refractivity contribution in [2.75, 3.05) is 5.01 Å². The van der Waals surface area contributed by atoms with Crippen LogP contribution in [0.15, 0.2) is 65.5 Å². The molecule has 0 saturated carbocycles. The number of nitrogens with one attached hydrogen (secondary N) is 2. The van der Waals surface area contributed by atoms with Crippen LogP contribution in [0.3, 0.4) is 0 Å². The third kappa shape index (κ3) is 1.92. The molecule has 0 radical (unpaired) electrons. The van der Waals surface area contributed by atoms with E-state index in [2.05, 4.69) is 10.5 Å². The molecule has 1 aromatic heterocycles. The smallest absolute Gasteiger partial charge is 0.282 e. The molecule has 1 amide bonds. The first kappa shape index (κ1) is 13.9. The minimum Gasteiger partial charge on any atom is -0.461 e. The number of nitrogens with zero attached hydrogens (tertiary/aromatic N) is 2. The van der Waals surface area contributed by atoms with Crippen molar-refractivity contribution in [3.05, 3.63) is 76.6 Å². The number of hydrogen-bond acceptors (Lipinski definition) is 4. The normalized spacial score (nSPS) is 20.8. The van der Waals surface area contributed by atoms with Gasteiger partial charge < -0.3 is 4.74 Å². The number of benzene rings is 2. The Hall–Kier alpha value is -3.48. The van der Waals surface area contributed by atoms with Crippen LogP contribution in [0.1, 0.15) is 11.6 Å². The number of aromatic amines is 1. The minimum absolute atomic E-state index is 0.260. The van der Waals surface area contributed by atoms with Gasteiger partial charge in [-0.1, -0.05) is 36.4 Å². The highest BCUT2D eigenvalue weighted by Gasteiger charge is 2.53. The minimum atomic E-state index is -0.748. The molecule has 2 N–H and O–H groups in total. The number of ether oxygens (including phenoxy) is 1. The van der Waals surface area contributed by atoms with Gasteiger partial charge in [0.05, 0.1) is 11.4 Å². The first-order chi connectivity index (χ1) is 12.2. The summed E-state index contributed by atoms with van der Waals surface area (Å²) >= 11 is 0. The number of aromatic nitrogens is 2. The Morgan fingerprint density at radius 2 is 1.52 bits per heavy atom. The van der Waals surface area contributed by atoms with Crippen molar-refractivity contribution in [1.82, 2.24) is 15.2 Å². The van der Waals surface area contributed by atoms with Crippen molar-refractivity contribution in [3.63, 3.8) is 0 Å². The SMILES string of the molecule is O=C1NN(c2ccccc2)C2c3c(n(-c4ccccc4)[nH]c3=O)OC12. The van der Waals surface area contributed by atoms with Crippen LogP contribution < -0.4 is 20.7 Å². The zero-order valence-electron chi connectivity index (χ0n) is 13.0. The number of hydrogen-bond donors (Lipinski definition) is 2. The fourth-order valence-corrected chi connectivity index (χ4v) is 3.43. The van der Waals surface area contributed by atoms with E-state index in [9.17, 15) is 9.59 Å². The van der Waals surface area contributed by atoms with Crippen molar-refractivity contribution < 1.29 is 9.53 Å². The highest BCUT2D eigenvalue weighted by atomic mass is 16.5. The molecular formula is C18H14N4O3. The van der Waals surface area contributed by atoms with Gasteiger partial charge in [-0.05, 0) is 24.3 Å². The van der Waals surface area contributed by atoms with E-state index >= 15 is 0 Å². The van der Waals surface area contributed by atoms with Gasteiger partial charge in [0.15, 0.2) is 0 Å². The third-order valence-corrected chi connectivity index (χ3v) is 4.53. The predicted molar refractivity (Wildman–Crippen MR) is 90.6 cm³/mol. The zero-order chi connectivity index (χ0) is 17.0. The van der Waals surface area contributed by atoms with Gasteiger partial charge in [0, 0.05) is 0 Å². The van der Waals surface area contributed by atoms with E-state index in [4.69, 9.17) is 4.74 Å². The maximum atomic E-state index is 12.6. The molecule has 2 atom stereocenters. The standard InChI is InChI=1S/C18H14N4O3/c23-16-13-14-15(17(24)20-21(14)11-7-3-1-4-8-11)25-18(13)22(19-16)12-9-5-2-6-10-12/h1-10,14-15H,(H,19,23)(H,20,24). The third-order valence-electron chi connectivity index (χ3n) is 4.53. The van der Waals surface area contributed by atoms with Crippen LogP contribution in [0.5, 0.6) is 5.88 Å². The number of hydrazine groups is 1. The highest BCUT2D eigenvalue weighted by molar-refractivity contribution is 5.89. The van der Waals surface area contributed by atoms with Crippen LogP contribution >= 0.6 is 0 Å². The summed E-state index contributed by atoms with van der Waals surface area (Å²) in [6.45, 7) is 0. The number of rotatable bonds is 2. The number of anilines is 1. The lowest BCUT2D eigenvalue weighted by Gasteiger charge is -2.22. The lowest BCUT2D eigenvalue weighted by Crippen LogP contribution is -2.35. The molecule has 7 heteroatoms. The monoisotopic (exact) mass is 334 g/mol. The molecule has 0 spiro atoms. The Bertz CT molecular complexity index is 1010. The van der Waals surface area contributed by atoms with Crippen molar-refractivity contribution in [2.24, 2.45) is 0 Å². The maximum Gasteiger partial charge on any atom is 0.282 e. The molecule has 5 rings (SSSR count). The Kier molecular flexibility index (Phi) is 2.79. The van der Waals surface area contributed by atoms with Crippen LogP contribution in [0, 0.1) is 0 Å². The number of H-pyrrole nitrogens is 1. The molecule has 2 unspecified atom stereocenters. The summed E-state index contributed by atoms with van der Waals surface area (Å²) in [5.41, 5.74) is 4.56. The van der Waals surface area contributed by atoms with Crippen molar-refractivity contribution in [1.29, 1.82) is 0 Å². The Balaban J connectivity index is 1.65. The van der Waals surface area contributed by atoms with E-state index in [1.54, 1.807) is 9.69 Å². The maximum absolute atomic E-state index is 12.6. The van der Waals surface area contributed by atoms with Gasteiger partial charge in [-0.15, -0.1) is 0 Å². The van der Waals surface area contributed by atoms with Gasteiger partial charge in [-0.3, -0.25) is 25.1 Å². The van der Waals surface area contributed by atoms with Gasteiger partial charge >= 0.3 is 0 Å². The van der Waals surface area contributed by atoms with Crippen LogP contribution in [-0.2, 0) is 4.79 Å². The summed E-state index contributed by atoms with van der Waals surface area (Å²) in [6.07, 6.45) is -0.748. The fourth-order valence-electron chi connectivity index (χ4n) is 3.43. The van der Waals surface area contributed by atoms with Gasteiger partial charge in [0.25, 0.3) is 11.5 Å². The molecule has 1 saturated heterocycles. The summed E-state index contributed by atoms with van der Waals surface area (Å²) in [7, 11) is 0. The number of para-hydroxylation sites is 2. The van der Waals surface area contributed by atoms with E-state index < -0.39 is 12.1 Å². The molecule has 2 aromatic carbocycles. The second-order valence-corrected chi connectivity index (χ2v) is 6.00. The second kappa shape index (κ2) is 5.01. The Morgan fingerprint density at radius 1 is 0.880 bits per heavy atom. The van der Waals surface area contributed by atoms with Gasteiger partial charge in [0.1, 0.15) is 11.6 Å². The van der Waals surface area contributed by atoms with E-state index in [1.807, 2.05) is 60.7 Å². The van der Waals surface area contributed by atoms with Gasteiger partial charge in [-0.25, -0.2) is 4.68 Å². The summed E-state index contributed by atoms with van der Waals surface area (Å²) in [6, 6.07) is 18.3. The quantitative estimate of drug-likeness (QED) is 0.745. The highest BCUT2D eigenvalue weighted by Crippen LogP contribution is 2.43. The number of carbonyl (C=O) groups excluding carboxylic acids is 1. The predicted octanol–water partition coefficient (Wildman–Crippen LogP) is 1.52. The van der Waals surface area contributed by atoms with Gasteiger partial charge in [0.2, 0.25) is 12.0 Å². The topological polar surface area (TPSA) is 79.4 Å². The summed E-state index contributed by atoms with van der Waals surface area (Å²) < 4.78 is 7.47. The average molecular weight is 334 g/mol. The van der Waals surface area contributed by atoms with E-state index in [1.165, 1.54) is 0 Å². The molecule has 124 valence electrons. The summed E-state index contributed by atoms with van der Waals surface area (Å²) in [5, 5.41) is 4.50. The molecule has 7 nitrogen and oxygen atoms in total. The van der Waals surface area contributed by atoms with Crippen LogP contribution in [0.25, 0.3) is 5.69 Å². The number of carbonyl (C=O) groups is 1. The average Bonchev–Trinajstić information content (AvgIpc) is 3.28. The molecule has 3 heterocycles. The van der Waals surface area contributed by atoms with Gasteiger partial charge in [-0.2, -0.15) is 0 Å². The van der Waals surface area contributed by atoms with E-state index in [0.717, 1.165) is 11.4 Å². The lowest BCUT2D eigenvalue weighted by molar-refractivity contribution is -0.124. The Morgan fingerprint density at radius 3 is 2.20 bits per heavy atom. The molecule has 0 bridgehead atoms. The first-order valence-electron chi connectivity index (χ1n) is 7.96. The van der Waals surface area contributed by atoms with Crippen LogP contribution in [0.2, 0.25) is 0 Å². The Labute approximate surface area is 142 Å². The molecular weight excluding hydrogens is 320 g/mol. The molecule has 2 aliphatic rings. The summed E-state index contributed by atoms with van der Waals surface area (Å²) in [4.78, 5) is 25.0. The number of amides is 1. The fraction of sp³-hybridized carbons (Fsp3) is 0.111. The molecule has 1 fully saturated rings. The first-order valence-corrected chi connectivity index (χ1v) is 7.96. The van der Waals surface area contributed by atoms with Crippen molar-refractivity contribution in [2.45, 2.75) is 12.1 Å². The lowest BCUT2D eigenvalue weighted by atomic mass is 10.1. The van der Waals surface area contributed by atoms with Crippen molar-refractivity contribution in [3.8, 4) is 11.6 Å². The zero-order valence-corrected chi connectivity index (χ0v) is 13.0. The van der Waals surface area contributed by atoms with Crippen LogP contribution in [0.4, 0.5) is 5.69 Å². The largest absolute Gasteiger partial charge is 0.461 e. The second-order valence-electron chi connectivity index (χ2n) is 6.00. The summed E-state index contributed by atoms with van der Waals surface area (Å²) in [5.74, 6) is 0.131. The van der Waals surface area contributed by atoms with E-state index in [0.29, 0.717) is 11.4 Å². The molecule has 25 heavy (non-hydrogen) atoms. The van der Waals surface area contributed by atoms with E-state index in [-0.39, 0.29) is 11.5 Å². The molecule has 2 aliphatic heterocycles. The molecule has 3 aromatic rings. The van der Waals surface area contributed by atoms with Crippen LogP contribution in [-0.4, -0.2) is 21.8 Å². The number of fused-ring (bicyclic) bond motifs is 3. The van der Waals surface area contributed by atoms with Crippen molar-refractivity contribution >= 4 is 11.6 Å². The molecule has 0 aliphatic carbocycles.